The van der Waals surface area contributed by atoms with E-state index in [0.717, 1.165) is 25.1 Å². The van der Waals surface area contributed by atoms with Crippen LogP contribution in [0.15, 0.2) is 23.4 Å². The topological polar surface area (TPSA) is 74.3 Å². The van der Waals surface area contributed by atoms with Crippen LogP contribution in [0.25, 0.3) is 0 Å². The van der Waals surface area contributed by atoms with Crippen LogP contribution < -0.4 is 10.0 Å². The van der Waals surface area contributed by atoms with Gasteiger partial charge < -0.3 is 10.2 Å². The Balaban J connectivity index is 2.06. The Bertz CT molecular complexity index is 515. The number of nitrogens with zero attached hydrogens (tertiary/aromatic N) is 2. The summed E-state index contributed by atoms with van der Waals surface area (Å²) in [6.45, 7) is 2.34. The Hall–Kier alpha value is -1.02. The lowest BCUT2D eigenvalue weighted by molar-refractivity contribution is 0.407. The predicted molar refractivity (Wildman–Crippen MR) is 73.2 cm³/mol. The molecule has 1 fully saturated rings. The van der Waals surface area contributed by atoms with E-state index in [1.807, 2.05) is 14.1 Å². The van der Waals surface area contributed by atoms with Crippen LogP contribution in [0.2, 0.25) is 0 Å². The van der Waals surface area contributed by atoms with Crippen LogP contribution in [0, 0.1) is 0 Å². The lowest BCUT2D eigenvalue weighted by Gasteiger charge is -2.13. The van der Waals surface area contributed by atoms with E-state index in [4.69, 9.17) is 0 Å². The Labute approximate surface area is 114 Å². The number of likely N-dealkylation sites (N-methyl/N-ethyl adjacent to an activating group) is 1. The van der Waals surface area contributed by atoms with Gasteiger partial charge in [0.05, 0.1) is 0 Å². The van der Waals surface area contributed by atoms with Crippen molar-refractivity contribution in [3.63, 3.8) is 0 Å². The van der Waals surface area contributed by atoms with Gasteiger partial charge in [0.1, 0.15) is 0 Å². The smallest absolute Gasteiger partial charge is 0.258 e. The second-order valence-electron chi connectivity index (χ2n) is 4.90. The van der Waals surface area contributed by atoms with E-state index in [0.29, 0.717) is 6.54 Å². The zero-order valence-corrected chi connectivity index (χ0v) is 12.1. The number of pyridine rings is 1. The van der Waals surface area contributed by atoms with Crippen molar-refractivity contribution < 1.29 is 8.42 Å². The molecular formula is C12H20N4O2S. The quantitative estimate of drug-likeness (QED) is 0.782. The molecule has 19 heavy (non-hydrogen) atoms. The molecule has 1 unspecified atom stereocenters. The van der Waals surface area contributed by atoms with Crippen molar-refractivity contribution in [1.29, 1.82) is 0 Å². The fourth-order valence-corrected chi connectivity index (χ4v) is 3.38. The molecule has 1 aromatic rings. The summed E-state index contributed by atoms with van der Waals surface area (Å²) in [5.74, 6) is 0. The van der Waals surface area contributed by atoms with E-state index in [-0.39, 0.29) is 11.1 Å². The summed E-state index contributed by atoms with van der Waals surface area (Å²) >= 11 is 0. The van der Waals surface area contributed by atoms with Crippen molar-refractivity contribution >= 4 is 10.0 Å². The summed E-state index contributed by atoms with van der Waals surface area (Å²) in [5, 5.41) is 3.08. The molecular weight excluding hydrogens is 264 g/mol. The summed E-state index contributed by atoms with van der Waals surface area (Å²) in [5.41, 5.74) is 0.960. The van der Waals surface area contributed by atoms with Gasteiger partial charge in [-0.2, -0.15) is 0 Å². The third kappa shape index (κ3) is 3.73. The van der Waals surface area contributed by atoms with E-state index in [9.17, 15) is 8.42 Å². The molecule has 0 aliphatic carbocycles. The van der Waals surface area contributed by atoms with Crippen LogP contribution in [0.5, 0.6) is 0 Å². The van der Waals surface area contributed by atoms with Gasteiger partial charge in [0, 0.05) is 25.3 Å². The van der Waals surface area contributed by atoms with Crippen molar-refractivity contribution in [2.45, 2.75) is 24.0 Å². The van der Waals surface area contributed by atoms with Crippen LogP contribution in [0.4, 0.5) is 0 Å². The van der Waals surface area contributed by atoms with Gasteiger partial charge in [-0.15, -0.1) is 0 Å². The first-order valence-corrected chi connectivity index (χ1v) is 7.80. The van der Waals surface area contributed by atoms with E-state index >= 15 is 0 Å². The zero-order chi connectivity index (χ0) is 13.9. The Morgan fingerprint density at radius 3 is 2.79 bits per heavy atom. The number of hydrogen-bond acceptors (Lipinski definition) is 5. The largest absolute Gasteiger partial charge is 0.316 e. The van der Waals surface area contributed by atoms with Gasteiger partial charge in [-0.25, -0.2) is 18.1 Å². The maximum absolute atomic E-state index is 12.2. The van der Waals surface area contributed by atoms with E-state index < -0.39 is 10.0 Å². The molecule has 0 bridgehead atoms. The monoisotopic (exact) mass is 284 g/mol. The Kier molecular flexibility index (Phi) is 4.51. The number of sulfonamides is 1. The highest BCUT2D eigenvalue weighted by Crippen LogP contribution is 2.12. The van der Waals surface area contributed by atoms with Crippen molar-refractivity contribution in [2.24, 2.45) is 0 Å². The average molecular weight is 284 g/mol. The molecule has 1 atom stereocenters. The average Bonchev–Trinajstić information content (AvgIpc) is 2.75. The number of likely N-dealkylation sites (tertiary alicyclic amines) is 1. The molecule has 0 aromatic carbocycles. The lowest BCUT2D eigenvalue weighted by atomic mass is 10.3. The Morgan fingerprint density at radius 2 is 2.26 bits per heavy atom. The first kappa shape index (κ1) is 14.4. The normalized spacial score (nSPS) is 20.8. The molecule has 0 saturated carbocycles. The lowest BCUT2D eigenvalue weighted by Crippen LogP contribution is -2.36. The molecule has 0 amide bonds. The fourth-order valence-electron chi connectivity index (χ4n) is 2.19. The van der Waals surface area contributed by atoms with Crippen LogP contribution >= 0.6 is 0 Å². The highest BCUT2D eigenvalue weighted by Gasteiger charge is 2.26. The van der Waals surface area contributed by atoms with E-state index in [2.05, 4.69) is 19.9 Å². The van der Waals surface area contributed by atoms with E-state index in [1.165, 1.54) is 0 Å². The van der Waals surface area contributed by atoms with Crippen LogP contribution in [-0.2, 0) is 16.6 Å². The molecule has 1 aliphatic rings. The molecule has 1 saturated heterocycles. The summed E-state index contributed by atoms with van der Waals surface area (Å²) in [6, 6.07) is 3.31. The van der Waals surface area contributed by atoms with Crippen molar-refractivity contribution in [3.05, 3.63) is 23.9 Å². The van der Waals surface area contributed by atoms with Gasteiger partial charge in [0.25, 0.3) is 10.0 Å². The molecule has 1 aliphatic heterocycles. The molecule has 0 spiro atoms. The van der Waals surface area contributed by atoms with Gasteiger partial charge in [-0.05, 0) is 38.7 Å². The molecule has 6 nitrogen and oxygen atoms in total. The zero-order valence-electron chi connectivity index (χ0n) is 11.3. The number of aromatic nitrogens is 1. The van der Waals surface area contributed by atoms with Gasteiger partial charge in [0.2, 0.25) is 0 Å². The highest BCUT2D eigenvalue weighted by atomic mass is 32.2. The molecule has 2 rings (SSSR count). The maximum Gasteiger partial charge on any atom is 0.258 e. The van der Waals surface area contributed by atoms with Crippen LogP contribution in [0.1, 0.15) is 12.0 Å². The molecule has 2 heterocycles. The number of rotatable bonds is 5. The third-order valence-corrected chi connectivity index (χ3v) is 4.60. The summed E-state index contributed by atoms with van der Waals surface area (Å²) in [6.07, 6.45) is 2.43. The second kappa shape index (κ2) is 5.96. The van der Waals surface area contributed by atoms with Gasteiger partial charge in [0.15, 0.2) is 5.03 Å². The second-order valence-corrected chi connectivity index (χ2v) is 6.56. The minimum absolute atomic E-state index is 0.0196. The fraction of sp³-hybridized carbons (Fsp3) is 0.583. The standard InChI is InChI=1S/C12H20N4O2S/c1-13-7-10-3-4-12(14-8-10)19(17,18)15-11-5-6-16(2)9-11/h3-4,8,11,13,15H,5-7,9H2,1-2H3. The van der Waals surface area contributed by atoms with Crippen LogP contribution in [-0.4, -0.2) is 51.5 Å². The van der Waals surface area contributed by atoms with Gasteiger partial charge in [-0.3, -0.25) is 0 Å². The summed E-state index contributed by atoms with van der Waals surface area (Å²) in [7, 11) is 0.314. The van der Waals surface area contributed by atoms with E-state index in [1.54, 1.807) is 18.3 Å². The first-order chi connectivity index (χ1) is 9.01. The maximum atomic E-state index is 12.2. The SMILES string of the molecule is CNCc1ccc(S(=O)(=O)NC2CCN(C)C2)nc1. The van der Waals surface area contributed by atoms with Gasteiger partial charge >= 0.3 is 0 Å². The van der Waals surface area contributed by atoms with Crippen LogP contribution in [0.3, 0.4) is 0 Å². The minimum Gasteiger partial charge on any atom is -0.316 e. The number of hydrogen-bond donors (Lipinski definition) is 2. The molecule has 106 valence electrons. The minimum atomic E-state index is -3.51. The predicted octanol–water partition coefficient (Wildman–Crippen LogP) is -0.217. The summed E-state index contributed by atoms with van der Waals surface area (Å²) < 4.78 is 27.0. The van der Waals surface area contributed by atoms with Crippen molar-refractivity contribution in [2.75, 3.05) is 27.2 Å². The third-order valence-electron chi connectivity index (χ3n) is 3.17. The first-order valence-electron chi connectivity index (χ1n) is 6.31. The molecule has 0 radical (unpaired) electrons. The van der Waals surface area contributed by atoms with Crippen molar-refractivity contribution in [3.8, 4) is 0 Å². The molecule has 7 heteroatoms. The number of nitrogens with one attached hydrogen (secondary N) is 2. The van der Waals surface area contributed by atoms with Gasteiger partial charge in [-0.1, -0.05) is 6.07 Å². The van der Waals surface area contributed by atoms with Crippen molar-refractivity contribution in [1.82, 2.24) is 19.9 Å². The molecule has 2 N–H and O–H groups in total. The Morgan fingerprint density at radius 1 is 1.47 bits per heavy atom. The highest BCUT2D eigenvalue weighted by molar-refractivity contribution is 7.89. The summed E-state index contributed by atoms with van der Waals surface area (Å²) in [4.78, 5) is 6.13. The molecule has 1 aromatic heterocycles.